The summed E-state index contributed by atoms with van der Waals surface area (Å²) in [6, 6.07) is 7.21. The number of hydrogen-bond acceptors (Lipinski definition) is 4. The molecule has 0 fully saturated rings. The first-order valence-electron chi connectivity index (χ1n) is 6.29. The van der Waals surface area contributed by atoms with Crippen LogP contribution in [0.1, 0.15) is 5.69 Å². The quantitative estimate of drug-likeness (QED) is 0.795. The van der Waals surface area contributed by atoms with E-state index in [-0.39, 0.29) is 12.5 Å². The van der Waals surface area contributed by atoms with Crippen LogP contribution in [0.5, 0.6) is 11.5 Å². The zero-order valence-electron chi connectivity index (χ0n) is 11.3. The van der Waals surface area contributed by atoms with Crippen LogP contribution >= 0.6 is 0 Å². The second-order valence-corrected chi connectivity index (χ2v) is 4.12. The number of rotatable bonds is 7. The molecule has 0 unspecified atom stereocenters. The molecule has 1 aromatic carbocycles. The number of ether oxygens (including phenoxy) is 2. The molecule has 1 aromatic heterocycles. The molecular formula is C14H17N3O3. The molecule has 0 aliphatic carbocycles. The highest BCUT2D eigenvalue weighted by molar-refractivity contribution is 5.77. The maximum atomic E-state index is 11.6. The molecule has 2 aromatic rings. The monoisotopic (exact) mass is 275 g/mol. The number of carbonyl (C=O) groups is 1. The summed E-state index contributed by atoms with van der Waals surface area (Å²) in [5.74, 6) is 0.992. The van der Waals surface area contributed by atoms with Gasteiger partial charge in [0.2, 0.25) is 0 Å². The number of aromatic nitrogens is 2. The zero-order chi connectivity index (χ0) is 14.2. The minimum absolute atomic E-state index is 0.0383. The van der Waals surface area contributed by atoms with Gasteiger partial charge in [0.25, 0.3) is 5.91 Å². The van der Waals surface area contributed by atoms with E-state index >= 15 is 0 Å². The van der Waals surface area contributed by atoms with Gasteiger partial charge in [-0.25, -0.2) is 4.98 Å². The van der Waals surface area contributed by atoms with Crippen molar-refractivity contribution in [3.8, 4) is 11.5 Å². The lowest BCUT2D eigenvalue weighted by Crippen LogP contribution is -2.30. The Hall–Kier alpha value is -2.50. The topological polar surface area (TPSA) is 76.2 Å². The van der Waals surface area contributed by atoms with Crippen LogP contribution in [0.25, 0.3) is 0 Å². The highest BCUT2D eigenvalue weighted by atomic mass is 16.5. The van der Waals surface area contributed by atoms with Gasteiger partial charge in [0.15, 0.2) is 18.1 Å². The number of imidazole rings is 1. The summed E-state index contributed by atoms with van der Waals surface area (Å²) in [5, 5.41) is 2.78. The number of para-hydroxylation sites is 2. The second kappa shape index (κ2) is 7.18. The van der Waals surface area contributed by atoms with Gasteiger partial charge >= 0.3 is 0 Å². The smallest absolute Gasteiger partial charge is 0.257 e. The van der Waals surface area contributed by atoms with E-state index in [1.54, 1.807) is 31.8 Å². The van der Waals surface area contributed by atoms with E-state index in [4.69, 9.17) is 9.47 Å². The van der Waals surface area contributed by atoms with Gasteiger partial charge in [-0.05, 0) is 12.1 Å². The lowest BCUT2D eigenvalue weighted by molar-refractivity contribution is -0.123. The van der Waals surface area contributed by atoms with Gasteiger partial charge in [0.05, 0.1) is 13.4 Å². The Morgan fingerprint density at radius 3 is 2.85 bits per heavy atom. The second-order valence-electron chi connectivity index (χ2n) is 4.12. The lowest BCUT2D eigenvalue weighted by atomic mass is 10.3. The number of benzene rings is 1. The van der Waals surface area contributed by atoms with Crippen molar-refractivity contribution in [2.45, 2.75) is 6.42 Å². The van der Waals surface area contributed by atoms with Crippen LogP contribution in [0.15, 0.2) is 36.8 Å². The summed E-state index contributed by atoms with van der Waals surface area (Å²) in [6.45, 7) is 0.500. The Bertz CT molecular complexity index is 540. The van der Waals surface area contributed by atoms with Crippen molar-refractivity contribution >= 4 is 5.91 Å². The van der Waals surface area contributed by atoms with Gasteiger partial charge < -0.3 is 19.8 Å². The van der Waals surface area contributed by atoms with Crippen molar-refractivity contribution in [1.29, 1.82) is 0 Å². The Morgan fingerprint density at radius 2 is 2.15 bits per heavy atom. The van der Waals surface area contributed by atoms with Crippen LogP contribution in [0.3, 0.4) is 0 Å². The number of aromatic amines is 1. The Morgan fingerprint density at radius 1 is 1.35 bits per heavy atom. The van der Waals surface area contributed by atoms with Gasteiger partial charge in [-0.2, -0.15) is 0 Å². The standard InChI is InChI=1S/C14H17N3O3/c1-19-12-4-2-3-5-13(12)20-9-14(18)16-7-6-11-8-15-10-17-11/h2-5,8,10H,6-7,9H2,1H3,(H,15,17)(H,16,18). The first-order valence-corrected chi connectivity index (χ1v) is 6.29. The molecule has 0 bridgehead atoms. The number of carbonyl (C=O) groups excluding carboxylic acids is 1. The van der Waals surface area contributed by atoms with Crippen LogP contribution < -0.4 is 14.8 Å². The Kier molecular flexibility index (Phi) is 5.00. The summed E-state index contributed by atoms with van der Waals surface area (Å²) in [5.41, 5.74) is 0.982. The maximum absolute atomic E-state index is 11.6. The third-order valence-corrected chi connectivity index (χ3v) is 2.70. The molecule has 0 atom stereocenters. The van der Waals surface area contributed by atoms with E-state index in [1.807, 2.05) is 12.1 Å². The molecule has 0 saturated carbocycles. The molecule has 1 heterocycles. The normalized spacial score (nSPS) is 10.1. The highest BCUT2D eigenvalue weighted by Gasteiger charge is 2.06. The summed E-state index contributed by atoms with van der Waals surface area (Å²) in [7, 11) is 1.56. The van der Waals surface area contributed by atoms with Gasteiger partial charge in [0, 0.05) is 24.9 Å². The van der Waals surface area contributed by atoms with Crippen molar-refractivity contribution in [2.24, 2.45) is 0 Å². The van der Waals surface area contributed by atoms with Crippen LogP contribution in [-0.2, 0) is 11.2 Å². The van der Waals surface area contributed by atoms with Crippen LogP contribution in [-0.4, -0.2) is 36.1 Å². The SMILES string of the molecule is COc1ccccc1OCC(=O)NCCc1cnc[nH]1. The van der Waals surface area contributed by atoms with E-state index in [0.717, 1.165) is 5.69 Å². The molecule has 6 nitrogen and oxygen atoms in total. The van der Waals surface area contributed by atoms with Crippen LogP contribution in [0, 0.1) is 0 Å². The van der Waals surface area contributed by atoms with E-state index in [2.05, 4.69) is 15.3 Å². The number of H-pyrrole nitrogens is 1. The average molecular weight is 275 g/mol. The Labute approximate surface area is 117 Å². The van der Waals surface area contributed by atoms with Gasteiger partial charge in [-0.3, -0.25) is 4.79 Å². The highest BCUT2D eigenvalue weighted by Crippen LogP contribution is 2.25. The van der Waals surface area contributed by atoms with Crippen LogP contribution in [0.2, 0.25) is 0 Å². The van der Waals surface area contributed by atoms with Crippen molar-refractivity contribution in [1.82, 2.24) is 15.3 Å². The largest absolute Gasteiger partial charge is 0.493 e. The fourth-order valence-corrected chi connectivity index (χ4v) is 1.69. The number of nitrogens with one attached hydrogen (secondary N) is 2. The summed E-state index contributed by atoms with van der Waals surface area (Å²) in [6.07, 6.45) is 4.06. The molecule has 0 spiro atoms. The third-order valence-electron chi connectivity index (χ3n) is 2.70. The van der Waals surface area contributed by atoms with Gasteiger partial charge in [-0.1, -0.05) is 12.1 Å². The first-order chi connectivity index (χ1) is 9.79. The number of methoxy groups -OCH3 is 1. The first kappa shape index (κ1) is 13.9. The lowest BCUT2D eigenvalue weighted by Gasteiger charge is -2.10. The van der Waals surface area contributed by atoms with E-state index in [1.165, 1.54) is 0 Å². The van der Waals surface area contributed by atoms with Crippen LogP contribution in [0.4, 0.5) is 0 Å². The summed E-state index contributed by atoms with van der Waals surface area (Å²) < 4.78 is 10.6. The molecule has 0 aliphatic heterocycles. The average Bonchev–Trinajstić information content (AvgIpc) is 2.98. The minimum atomic E-state index is -0.171. The minimum Gasteiger partial charge on any atom is -0.493 e. The number of amides is 1. The molecular weight excluding hydrogens is 258 g/mol. The van der Waals surface area contributed by atoms with Crippen molar-refractivity contribution in [3.05, 3.63) is 42.5 Å². The fourth-order valence-electron chi connectivity index (χ4n) is 1.69. The molecule has 1 amide bonds. The molecule has 0 radical (unpaired) electrons. The van der Waals surface area contributed by atoms with E-state index < -0.39 is 0 Å². The van der Waals surface area contributed by atoms with Crippen molar-refractivity contribution in [3.63, 3.8) is 0 Å². The van der Waals surface area contributed by atoms with E-state index in [9.17, 15) is 4.79 Å². The molecule has 20 heavy (non-hydrogen) atoms. The summed E-state index contributed by atoms with van der Waals surface area (Å²) in [4.78, 5) is 18.5. The molecule has 2 N–H and O–H groups in total. The Balaban J connectivity index is 1.72. The maximum Gasteiger partial charge on any atom is 0.257 e. The molecule has 6 heteroatoms. The number of hydrogen-bond donors (Lipinski definition) is 2. The predicted octanol–water partition coefficient (Wildman–Crippen LogP) is 1.16. The van der Waals surface area contributed by atoms with Crippen molar-refractivity contribution < 1.29 is 14.3 Å². The zero-order valence-corrected chi connectivity index (χ0v) is 11.3. The fraction of sp³-hybridized carbons (Fsp3) is 0.286. The van der Waals surface area contributed by atoms with Crippen molar-refractivity contribution in [2.75, 3.05) is 20.3 Å². The van der Waals surface area contributed by atoms with Gasteiger partial charge in [0.1, 0.15) is 0 Å². The molecule has 2 rings (SSSR count). The predicted molar refractivity (Wildman–Crippen MR) is 73.8 cm³/mol. The van der Waals surface area contributed by atoms with E-state index in [0.29, 0.717) is 24.5 Å². The molecule has 106 valence electrons. The molecule has 0 aliphatic rings. The summed E-state index contributed by atoms with van der Waals surface area (Å²) >= 11 is 0. The third kappa shape index (κ3) is 4.01. The molecule has 0 saturated heterocycles. The van der Waals surface area contributed by atoms with Gasteiger partial charge in [-0.15, -0.1) is 0 Å². The number of nitrogens with zero attached hydrogens (tertiary/aromatic N) is 1.